The monoisotopic (exact) mass is 653 g/mol. The van der Waals surface area contributed by atoms with Gasteiger partial charge in [0.1, 0.15) is 11.4 Å². The molecule has 2 aromatic rings. The lowest BCUT2D eigenvalue weighted by molar-refractivity contribution is 0.00752. The number of ether oxygens (including phenoxy) is 3. The van der Waals surface area contributed by atoms with Gasteiger partial charge in [0, 0.05) is 68.8 Å². The van der Waals surface area contributed by atoms with Crippen LogP contribution < -0.4 is 5.32 Å². The number of hydrogen-bond donors (Lipinski definition) is 1. The second kappa shape index (κ2) is 16.6. The normalized spacial score (nSPS) is 17.4. The van der Waals surface area contributed by atoms with Crippen molar-refractivity contribution in [3.8, 4) is 11.1 Å². The Morgan fingerprint density at radius 2 is 1.74 bits per heavy atom. The van der Waals surface area contributed by atoms with Gasteiger partial charge < -0.3 is 29.3 Å². The van der Waals surface area contributed by atoms with Crippen LogP contribution in [0.25, 0.3) is 11.1 Å². The lowest BCUT2D eigenvalue weighted by Crippen LogP contribution is -2.54. The number of likely N-dealkylation sites (tertiary alicyclic amines) is 1. The molecule has 258 valence electrons. The van der Waals surface area contributed by atoms with Crippen molar-refractivity contribution in [2.45, 2.75) is 103 Å². The molecule has 0 aromatic heterocycles. The summed E-state index contributed by atoms with van der Waals surface area (Å²) < 4.78 is 31.7. The second-order valence-corrected chi connectivity index (χ2v) is 13.9. The highest BCUT2D eigenvalue weighted by Gasteiger charge is 2.34. The molecule has 4 rings (SSSR count). The number of unbranched alkanes of at least 4 members (excludes halogenated alkanes) is 1. The summed E-state index contributed by atoms with van der Waals surface area (Å²) >= 11 is 0. The number of amides is 3. The maximum Gasteiger partial charge on any atom is 0.410 e. The smallest absolute Gasteiger partial charge is 0.410 e. The largest absolute Gasteiger partial charge is 0.444 e. The highest BCUT2D eigenvalue weighted by atomic mass is 19.1. The van der Waals surface area contributed by atoms with E-state index in [1.54, 1.807) is 30.2 Å². The van der Waals surface area contributed by atoms with Crippen molar-refractivity contribution < 1.29 is 33.0 Å². The van der Waals surface area contributed by atoms with Crippen LogP contribution in [-0.4, -0.2) is 91.5 Å². The molecule has 0 saturated carbocycles. The van der Waals surface area contributed by atoms with Gasteiger partial charge in [0.25, 0.3) is 11.8 Å². The molecular formula is C37H52FN3O6. The highest BCUT2D eigenvalue weighted by Crippen LogP contribution is 2.31. The number of hydrogen-bond acceptors (Lipinski definition) is 6. The van der Waals surface area contributed by atoms with Crippen molar-refractivity contribution in [1.82, 2.24) is 15.1 Å². The summed E-state index contributed by atoms with van der Waals surface area (Å²) in [4.78, 5) is 43.8. The number of benzene rings is 2. The molecule has 1 N–H and O–H groups in total. The van der Waals surface area contributed by atoms with Crippen molar-refractivity contribution in [3.05, 3.63) is 58.9 Å². The van der Waals surface area contributed by atoms with Crippen LogP contribution in [0.3, 0.4) is 0 Å². The summed E-state index contributed by atoms with van der Waals surface area (Å²) in [7, 11) is 1.66. The molecule has 1 atom stereocenters. The molecular weight excluding hydrogens is 601 g/mol. The number of carbonyl (C=O) groups excluding carboxylic acids is 3. The van der Waals surface area contributed by atoms with E-state index in [1.807, 2.05) is 45.6 Å². The lowest BCUT2D eigenvalue weighted by Gasteiger charge is -2.41. The minimum atomic E-state index is -0.605. The number of methoxy groups -OCH3 is 1. The first kappa shape index (κ1) is 36.3. The van der Waals surface area contributed by atoms with E-state index in [4.69, 9.17) is 14.2 Å². The van der Waals surface area contributed by atoms with Crippen LogP contribution in [0, 0.1) is 5.82 Å². The molecule has 2 aromatic carbocycles. The van der Waals surface area contributed by atoms with Gasteiger partial charge in [0.15, 0.2) is 0 Å². The Hall–Kier alpha value is -3.50. The molecule has 0 bridgehead atoms. The average Bonchev–Trinajstić information content (AvgIpc) is 3.03. The first-order valence-electron chi connectivity index (χ1n) is 17.0. The van der Waals surface area contributed by atoms with Gasteiger partial charge in [0.2, 0.25) is 0 Å². The summed E-state index contributed by atoms with van der Waals surface area (Å²) in [6, 6.07) is 9.59. The van der Waals surface area contributed by atoms with Gasteiger partial charge in [-0.1, -0.05) is 6.07 Å². The molecule has 2 heterocycles. The molecule has 0 aliphatic carbocycles. The van der Waals surface area contributed by atoms with E-state index in [9.17, 15) is 14.4 Å². The maximum atomic E-state index is 15.5. The number of nitrogens with zero attached hydrogens (tertiary/aromatic N) is 2. The molecule has 10 heteroatoms. The van der Waals surface area contributed by atoms with Gasteiger partial charge in [-0.25, -0.2) is 9.18 Å². The van der Waals surface area contributed by atoms with Crippen LogP contribution in [0.1, 0.15) is 99.4 Å². The molecule has 9 nitrogen and oxygen atoms in total. The predicted molar refractivity (Wildman–Crippen MR) is 180 cm³/mol. The molecule has 1 unspecified atom stereocenters. The zero-order valence-corrected chi connectivity index (χ0v) is 28.9. The van der Waals surface area contributed by atoms with Crippen LogP contribution in [0.5, 0.6) is 0 Å². The topological polar surface area (TPSA) is 97.4 Å². The number of halogens is 1. The fraction of sp³-hybridized carbons (Fsp3) is 0.595. The van der Waals surface area contributed by atoms with E-state index in [0.717, 1.165) is 44.1 Å². The van der Waals surface area contributed by atoms with Gasteiger partial charge in [-0.15, -0.1) is 0 Å². The van der Waals surface area contributed by atoms with E-state index >= 15 is 4.39 Å². The minimum absolute atomic E-state index is 0.0238. The number of carbonyl (C=O) groups is 3. The molecule has 0 radical (unpaired) electrons. The third-order valence-corrected chi connectivity index (χ3v) is 8.70. The molecule has 2 aliphatic rings. The first-order chi connectivity index (χ1) is 22.4. The Morgan fingerprint density at radius 3 is 2.43 bits per heavy atom. The third kappa shape index (κ3) is 10.00. The fourth-order valence-corrected chi connectivity index (χ4v) is 6.39. The van der Waals surface area contributed by atoms with Crippen molar-refractivity contribution >= 4 is 17.9 Å². The predicted octanol–water partition coefficient (Wildman–Crippen LogP) is 6.62. The lowest BCUT2D eigenvalue weighted by atomic mass is 9.92. The van der Waals surface area contributed by atoms with Crippen LogP contribution in [-0.2, 0) is 20.6 Å². The van der Waals surface area contributed by atoms with Crippen molar-refractivity contribution in [1.29, 1.82) is 0 Å². The summed E-state index contributed by atoms with van der Waals surface area (Å²) in [5.41, 5.74) is 2.10. The van der Waals surface area contributed by atoms with Gasteiger partial charge >= 0.3 is 6.09 Å². The summed E-state index contributed by atoms with van der Waals surface area (Å²) in [6.07, 6.45) is 4.86. The Bertz CT molecular complexity index is 1380. The van der Waals surface area contributed by atoms with Crippen molar-refractivity contribution in [3.63, 3.8) is 0 Å². The minimum Gasteiger partial charge on any atom is -0.444 e. The average molecular weight is 654 g/mol. The van der Waals surface area contributed by atoms with E-state index in [-0.39, 0.29) is 36.0 Å². The van der Waals surface area contributed by atoms with E-state index in [0.29, 0.717) is 61.6 Å². The van der Waals surface area contributed by atoms with Crippen LogP contribution in [0.15, 0.2) is 36.4 Å². The standard InChI is InChI=1S/C37H52FN3O6/c1-25(2)41(30-11-9-18-40(24-30)36(44)47-37(3,4)5)35(43)28-12-14-31(26(22-28)10-7-8-19-45-6)32-23-27(13-15-33(32)38)34(42)39-29-16-20-46-21-17-29/h12-15,22-23,25,29-30H,7-11,16-21,24H2,1-6H3,(H,39,42). The third-order valence-electron chi connectivity index (χ3n) is 8.70. The van der Waals surface area contributed by atoms with Gasteiger partial charge in [-0.05, 0) is 121 Å². The quantitative estimate of drug-likeness (QED) is 0.274. The van der Waals surface area contributed by atoms with Gasteiger partial charge in [-0.3, -0.25) is 9.59 Å². The number of rotatable bonds is 11. The Morgan fingerprint density at radius 1 is 1.02 bits per heavy atom. The Kier molecular flexibility index (Phi) is 12.8. The molecule has 0 spiro atoms. The SMILES string of the molecule is COCCCCc1cc(C(=O)N(C(C)C)C2CCCN(C(=O)OC(C)(C)C)C2)ccc1-c1cc(C(=O)NC2CCOCC2)ccc1F. The van der Waals surface area contributed by atoms with Crippen LogP contribution in [0.2, 0.25) is 0 Å². The number of aryl methyl sites for hydroxylation is 1. The van der Waals surface area contributed by atoms with Gasteiger partial charge in [-0.2, -0.15) is 0 Å². The Balaban J connectivity index is 1.62. The zero-order chi connectivity index (χ0) is 34.1. The zero-order valence-electron chi connectivity index (χ0n) is 28.9. The summed E-state index contributed by atoms with van der Waals surface area (Å²) in [5, 5.41) is 3.06. The number of nitrogens with one attached hydrogen (secondary N) is 1. The fourth-order valence-electron chi connectivity index (χ4n) is 6.39. The van der Waals surface area contributed by atoms with E-state index in [2.05, 4.69) is 5.32 Å². The van der Waals surface area contributed by atoms with Gasteiger partial charge in [0.05, 0.1) is 6.04 Å². The Labute approximate surface area is 279 Å². The molecule has 47 heavy (non-hydrogen) atoms. The van der Waals surface area contributed by atoms with Crippen LogP contribution >= 0.6 is 0 Å². The summed E-state index contributed by atoms with van der Waals surface area (Å²) in [6.45, 7) is 12.3. The van der Waals surface area contributed by atoms with Crippen molar-refractivity contribution in [2.75, 3.05) is 40.0 Å². The highest BCUT2D eigenvalue weighted by molar-refractivity contribution is 5.97. The first-order valence-corrected chi connectivity index (χ1v) is 17.0. The molecule has 2 aliphatic heterocycles. The van der Waals surface area contributed by atoms with Crippen molar-refractivity contribution in [2.24, 2.45) is 0 Å². The number of piperidine rings is 1. The molecule has 3 amide bonds. The summed E-state index contributed by atoms with van der Waals surface area (Å²) in [5.74, 6) is -0.809. The maximum absolute atomic E-state index is 15.5. The second-order valence-electron chi connectivity index (χ2n) is 13.9. The molecule has 2 saturated heterocycles. The van der Waals surface area contributed by atoms with E-state index < -0.39 is 11.4 Å². The molecule has 2 fully saturated rings. The van der Waals surface area contributed by atoms with Crippen LogP contribution in [0.4, 0.5) is 9.18 Å². The van der Waals surface area contributed by atoms with E-state index in [1.165, 1.54) is 12.1 Å².